The van der Waals surface area contributed by atoms with Crippen LogP contribution in [0.3, 0.4) is 0 Å². The Morgan fingerprint density at radius 1 is 1.36 bits per heavy atom. The minimum absolute atomic E-state index is 0.0222. The van der Waals surface area contributed by atoms with Crippen molar-refractivity contribution in [1.29, 1.82) is 5.41 Å². The van der Waals surface area contributed by atoms with Gasteiger partial charge in [0.05, 0.1) is 0 Å². The van der Waals surface area contributed by atoms with Crippen molar-refractivity contribution in [1.82, 2.24) is 0 Å². The summed E-state index contributed by atoms with van der Waals surface area (Å²) in [6.45, 7) is 0. The molecule has 72 valence electrons. The number of nitrogens with one attached hydrogen (secondary N) is 1. The van der Waals surface area contributed by atoms with E-state index in [0.29, 0.717) is 5.56 Å². The van der Waals surface area contributed by atoms with Gasteiger partial charge in [-0.2, -0.15) is 0 Å². The molecule has 0 unspecified atom stereocenters. The standard InChI is InChI=1S/C10H9ClN2O/c11-9(14)6-3-7-1-4-8(5-2-7)10(12)13/h1-6H,(H3,12,13)/b6-3+. The van der Waals surface area contributed by atoms with Crippen LogP contribution in [0.5, 0.6) is 0 Å². The van der Waals surface area contributed by atoms with Gasteiger partial charge in [0.15, 0.2) is 0 Å². The first-order valence-corrected chi connectivity index (χ1v) is 4.29. The van der Waals surface area contributed by atoms with Crippen molar-refractivity contribution >= 4 is 28.8 Å². The summed E-state index contributed by atoms with van der Waals surface area (Å²) in [5.41, 5.74) is 6.77. The molecule has 1 aromatic rings. The fourth-order valence-electron chi connectivity index (χ4n) is 0.936. The summed E-state index contributed by atoms with van der Waals surface area (Å²) in [6.07, 6.45) is 2.86. The van der Waals surface area contributed by atoms with Crippen molar-refractivity contribution in [2.24, 2.45) is 5.73 Å². The topological polar surface area (TPSA) is 66.9 Å². The quantitative estimate of drug-likeness (QED) is 0.344. The normalized spacial score (nSPS) is 10.4. The lowest BCUT2D eigenvalue weighted by atomic mass is 10.1. The smallest absolute Gasteiger partial charge is 0.245 e. The fraction of sp³-hybridized carbons (Fsp3) is 0. The van der Waals surface area contributed by atoms with Crippen molar-refractivity contribution in [2.45, 2.75) is 0 Å². The number of benzene rings is 1. The maximum Gasteiger partial charge on any atom is 0.245 e. The molecule has 0 heterocycles. The van der Waals surface area contributed by atoms with Crippen LogP contribution >= 0.6 is 11.6 Å². The monoisotopic (exact) mass is 208 g/mol. The van der Waals surface area contributed by atoms with Crippen LogP contribution in [0.25, 0.3) is 6.08 Å². The van der Waals surface area contributed by atoms with E-state index in [0.717, 1.165) is 5.56 Å². The Kier molecular flexibility index (Phi) is 3.42. The lowest BCUT2D eigenvalue weighted by Gasteiger charge is -1.97. The summed E-state index contributed by atoms with van der Waals surface area (Å²) in [4.78, 5) is 10.4. The lowest BCUT2D eigenvalue weighted by Crippen LogP contribution is -2.10. The molecular formula is C10H9ClN2O. The number of hydrogen-bond donors (Lipinski definition) is 2. The average molecular weight is 209 g/mol. The fourth-order valence-corrected chi connectivity index (χ4v) is 0.999. The highest BCUT2D eigenvalue weighted by Gasteiger charge is 1.94. The van der Waals surface area contributed by atoms with Crippen molar-refractivity contribution in [3.8, 4) is 0 Å². The van der Waals surface area contributed by atoms with Crippen LogP contribution in [-0.4, -0.2) is 11.1 Å². The van der Waals surface area contributed by atoms with Gasteiger partial charge in [-0.1, -0.05) is 30.3 Å². The number of nitrogens with two attached hydrogens (primary N) is 1. The van der Waals surface area contributed by atoms with Crippen LogP contribution in [0.2, 0.25) is 0 Å². The predicted molar refractivity (Wildman–Crippen MR) is 57.4 cm³/mol. The molecule has 0 aliphatic heterocycles. The summed E-state index contributed by atoms with van der Waals surface area (Å²) in [7, 11) is 0. The number of amidine groups is 1. The Labute approximate surface area is 86.7 Å². The molecule has 0 spiro atoms. The van der Waals surface area contributed by atoms with Gasteiger partial charge in [-0.3, -0.25) is 10.2 Å². The minimum Gasteiger partial charge on any atom is -0.384 e. The van der Waals surface area contributed by atoms with Crippen LogP contribution < -0.4 is 5.73 Å². The Morgan fingerprint density at radius 3 is 2.36 bits per heavy atom. The molecule has 0 atom stereocenters. The lowest BCUT2D eigenvalue weighted by molar-refractivity contribution is -0.107. The van der Waals surface area contributed by atoms with Crippen LogP contribution in [0.15, 0.2) is 30.3 Å². The first-order chi connectivity index (χ1) is 6.59. The maximum absolute atomic E-state index is 10.4. The summed E-state index contributed by atoms with van der Waals surface area (Å²) in [5, 5.41) is 6.65. The second-order valence-electron chi connectivity index (χ2n) is 2.67. The van der Waals surface area contributed by atoms with E-state index in [1.807, 2.05) is 0 Å². The Bertz CT molecular complexity index is 382. The van der Waals surface area contributed by atoms with Crippen LogP contribution in [0.4, 0.5) is 0 Å². The molecule has 3 nitrogen and oxygen atoms in total. The average Bonchev–Trinajstić information content (AvgIpc) is 2.15. The van der Waals surface area contributed by atoms with Gasteiger partial charge < -0.3 is 5.73 Å². The second kappa shape index (κ2) is 4.58. The molecule has 0 saturated carbocycles. The summed E-state index contributed by atoms with van der Waals surface area (Å²) in [5.74, 6) is 0.0222. The van der Waals surface area contributed by atoms with E-state index in [-0.39, 0.29) is 5.84 Å². The highest BCUT2D eigenvalue weighted by molar-refractivity contribution is 6.66. The molecule has 0 radical (unpaired) electrons. The molecule has 0 aromatic heterocycles. The van der Waals surface area contributed by atoms with E-state index in [4.69, 9.17) is 22.7 Å². The number of allylic oxidation sites excluding steroid dienone is 1. The van der Waals surface area contributed by atoms with Gasteiger partial charge in [0.1, 0.15) is 5.84 Å². The highest BCUT2D eigenvalue weighted by Crippen LogP contribution is 2.05. The van der Waals surface area contributed by atoms with Gasteiger partial charge in [0, 0.05) is 5.56 Å². The SMILES string of the molecule is N=C(N)c1ccc(/C=C/C(=O)Cl)cc1. The van der Waals surface area contributed by atoms with Gasteiger partial charge in [-0.25, -0.2) is 0 Å². The zero-order chi connectivity index (χ0) is 10.6. The van der Waals surface area contributed by atoms with Crippen molar-refractivity contribution in [3.63, 3.8) is 0 Å². The number of carbonyl (C=O) groups excluding carboxylic acids is 1. The van der Waals surface area contributed by atoms with Crippen molar-refractivity contribution in [3.05, 3.63) is 41.5 Å². The number of carbonyl (C=O) groups is 1. The van der Waals surface area contributed by atoms with Crippen LogP contribution in [0, 0.1) is 5.41 Å². The molecule has 3 N–H and O–H groups in total. The molecule has 1 aromatic carbocycles. The largest absolute Gasteiger partial charge is 0.384 e. The molecule has 0 saturated heterocycles. The summed E-state index contributed by atoms with van der Waals surface area (Å²) >= 11 is 5.13. The third-order valence-corrected chi connectivity index (χ3v) is 1.75. The van der Waals surface area contributed by atoms with E-state index in [2.05, 4.69) is 0 Å². The predicted octanol–water partition coefficient (Wildman–Crippen LogP) is 1.75. The maximum atomic E-state index is 10.4. The zero-order valence-electron chi connectivity index (χ0n) is 7.33. The van der Waals surface area contributed by atoms with E-state index in [1.165, 1.54) is 6.08 Å². The van der Waals surface area contributed by atoms with Crippen molar-refractivity contribution in [2.75, 3.05) is 0 Å². The first-order valence-electron chi connectivity index (χ1n) is 3.91. The van der Waals surface area contributed by atoms with Gasteiger partial charge in [0.2, 0.25) is 5.24 Å². The minimum atomic E-state index is -0.513. The number of rotatable bonds is 3. The molecule has 0 fully saturated rings. The van der Waals surface area contributed by atoms with Crippen LogP contribution in [0.1, 0.15) is 11.1 Å². The molecule has 4 heteroatoms. The molecule has 1 rings (SSSR count). The summed E-state index contributed by atoms with van der Waals surface area (Å²) in [6, 6.07) is 6.93. The van der Waals surface area contributed by atoms with E-state index < -0.39 is 5.24 Å². The third-order valence-electron chi connectivity index (χ3n) is 1.63. The van der Waals surface area contributed by atoms with E-state index in [9.17, 15) is 4.79 Å². The van der Waals surface area contributed by atoms with E-state index >= 15 is 0 Å². The number of hydrogen-bond acceptors (Lipinski definition) is 2. The van der Waals surface area contributed by atoms with Gasteiger partial charge >= 0.3 is 0 Å². The zero-order valence-corrected chi connectivity index (χ0v) is 8.08. The van der Waals surface area contributed by atoms with E-state index in [1.54, 1.807) is 30.3 Å². The van der Waals surface area contributed by atoms with Crippen molar-refractivity contribution < 1.29 is 4.79 Å². The molecule has 0 aliphatic carbocycles. The van der Waals surface area contributed by atoms with Gasteiger partial charge in [-0.15, -0.1) is 0 Å². The Morgan fingerprint density at radius 2 is 1.93 bits per heavy atom. The number of halogens is 1. The number of nitrogen functional groups attached to an aromatic ring is 1. The first kappa shape index (κ1) is 10.5. The molecule has 0 aliphatic rings. The van der Waals surface area contributed by atoms with Gasteiger partial charge in [-0.05, 0) is 23.2 Å². The molecule has 14 heavy (non-hydrogen) atoms. The molecule has 0 bridgehead atoms. The Balaban J connectivity index is 2.83. The van der Waals surface area contributed by atoms with Gasteiger partial charge in [0.25, 0.3) is 0 Å². The van der Waals surface area contributed by atoms with Crippen LogP contribution in [-0.2, 0) is 4.79 Å². The molecule has 0 amide bonds. The highest BCUT2D eigenvalue weighted by atomic mass is 35.5. The Hall–Kier alpha value is -1.61. The third kappa shape index (κ3) is 3.03. The molecular weight excluding hydrogens is 200 g/mol. The summed E-state index contributed by atoms with van der Waals surface area (Å²) < 4.78 is 0. The second-order valence-corrected chi connectivity index (χ2v) is 3.05.